The Bertz CT molecular complexity index is 820. The van der Waals surface area contributed by atoms with E-state index in [1.807, 2.05) is 30.3 Å². The fraction of sp³-hybridized carbons (Fsp3) is 0.333. The van der Waals surface area contributed by atoms with E-state index < -0.39 is 5.92 Å². The summed E-state index contributed by atoms with van der Waals surface area (Å²) in [5.74, 6) is -0.0535. The number of hydrogen-bond acceptors (Lipinski definition) is 3. The Morgan fingerprint density at radius 3 is 2.77 bits per heavy atom. The molecule has 4 nitrogen and oxygen atoms in total. The number of rotatable bonds is 5. The fourth-order valence-electron chi connectivity index (χ4n) is 3.15. The molecule has 0 radical (unpaired) electrons. The molecule has 2 aromatic carbocycles. The zero-order chi connectivity index (χ0) is 18.7. The van der Waals surface area contributed by atoms with Crippen LogP contribution in [-0.2, 0) is 9.59 Å². The van der Waals surface area contributed by atoms with Crippen molar-refractivity contribution in [1.82, 2.24) is 0 Å². The fourth-order valence-corrected chi connectivity index (χ4v) is 3.34. The van der Waals surface area contributed by atoms with Crippen LogP contribution in [0.1, 0.15) is 38.2 Å². The van der Waals surface area contributed by atoms with Gasteiger partial charge in [0, 0.05) is 23.7 Å². The van der Waals surface area contributed by atoms with Gasteiger partial charge in [0.15, 0.2) is 0 Å². The Morgan fingerprint density at radius 2 is 2.04 bits per heavy atom. The molecule has 5 heteroatoms. The molecule has 136 valence electrons. The van der Waals surface area contributed by atoms with Gasteiger partial charge in [0.25, 0.3) is 0 Å². The van der Waals surface area contributed by atoms with E-state index in [-0.39, 0.29) is 18.3 Å². The van der Waals surface area contributed by atoms with E-state index in [2.05, 4.69) is 13.8 Å². The molecule has 0 unspecified atom stereocenters. The second-order valence-electron chi connectivity index (χ2n) is 6.65. The molecule has 0 aromatic heterocycles. The molecule has 0 aliphatic carbocycles. The third-order valence-electron chi connectivity index (χ3n) is 4.85. The van der Waals surface area contributed by atoms with Crippen molar-refractivity contribution in [3.05, 3.63) is 59.1 Å². The summed E-state index contributed by atoms with van der Waals surface area (Å²) in [4.78, 5) is 26.6. The lowest BCUT2D eigenvalue weighted by atomic mass is 9.98. The highest BCUT2D eigenvalue weighted by Gasteiger charge is 2.36. The minimum atomic E-state index is -0.480. The van der Waals surface area contributed by atoms with E-state index in [9.17, 15) is 9.59 Å². The van der Waals surface area contributed by atoms with Gasteiger partial charge in [-0.2, -0.15) is 0 Å². The van der Waals surface area contributed by atoms with E-state index in [1.165, 1.54) is 0 Å². The van der Waals surface area contributed by atoms with Gasteiger partial charge in [0.1, 0.15) is 5.75 Å². The molecule has 1 aliphatic heterocycles. The molecular weight excluding hydrogens is 350 g/mol. The molecule has 1 fully saturated rings. The van der Waals surface area contributed by atoms with Crippen LogP contribution in [-0.4, -0.2) is 18.4 Å². The smallest absolute Gasteiger partial charge is 0.316 e. The topological polar surface area (TPSA) is 46.6 Å². The Morgan fingerprint density at radius 1 is 1.27 bits per heavy atom. The standard InChI is InChI=1S/C21H22ClNO3/c1-3-14(2)18-9-4-5-10-19(18)26-21(25)15-11-20(24)23(13-15)17-8-6-7-16(22)12-17/h4-10,12,14-15H,3,11,13H2,1-2H3/t14-,15+/m1/s1. The van der Waals surface area contributed by atoms with Crippen LogP contribution < -0.4 is 9.64 Å². The lowest BCUT2D eigenvalue weighted by molar-refractivity contribution is -0.139. The number of para-hydroxylation sites is 1. The monoisotopic (exact) mass is 371 g/mol. The first-order chi connectivity index (χ1) is 12.5. The predicted molar refractivity (Wildman–Crippen MR) is 103 cm³/mol. The van der Waals surface area contributed by atoms with Gasteiger partial charge in [-0.3, -0.25) is 9.59 Å². The van der Waals surface area contributed by atoms with E-state index >= 15 is 0 Å². The van der Waals surface area contributed by atoms with Crippen LogP contribution in [0.25, 0.3) is 0 Å². The van der Waals surface area contributed by atoms with Crippen molar-refractivity contribution in [2.45, 2.75) is 32.6 Å². The summed E-state index contributed by atoms with van der Waals surface area (Å²) >= 11 is 6.01. The summed E-state index contributed by atoms with van der Waals surface area (Å²) < 4.78 is 5.66. The van der Waals surface area contributed by atoms with Crippen LogP contribution in [0.4, 0.5) is 5.69 Å². The zero-order valence-corrected chi connectivity index (χ0v) is 15.7. The second kappa shape index (κ2) is 7.92. The van der Waals surface area contributed by atoms with Crippen molar-refractivity contribution in [3.8, 4) is 5.75 Å². The van der Waals surface area contributed by atoms with Crippen molar-refractivity contribution in [2.24, 2.45) is 5.92 Å². The van der Waals surface area contributed by atoms with Gasteiger partial charge in [-0.25, -0.2) is 0 Å². The van der Waals surface area contributed by atoms with Crippen LogP contribution in [0.3, 0.4) is 0 Å². The van der Waals surface area contributed by atoms with Crippen LogP contribution >= 0.6 is 11.6 Å². The highest BCUT2D eigenvalue weighted by molar-refractivity contribution is 6.30. The zero-order valence-electron chi connectivity index (χ0n) is 14.9. The second-order valence-corrected chi connectivity index (χ2v) is 7.09. The van der Waals surface area contributed by atoms with Crippen molar-refractivity contribution < 1.29 is 14.3 Å². The molecule has 26 heavy (non-hydrogen) atoms. The molecule has 1 amide bonds. The van der Waals surface area contributed by atoms with Crippen LogP contribution in [0.5, 0.6) is 5.75 Å². The van der Waals surface area contributed by atoms with Crippen LogP contribution in [0.15, 0.2) is 48.5 Å². The number of hydrogen-bond donors (Lipinski definition) is 0. The Hall–Kier alpha value is -2.33. The van der Waals surface area contributed by atoms with Crippen molar-refractivity contribution in [1.29, 1.82) is 0 Å². The number of amides is 1. The minimum Gasteiger partial charge on any atom is -0.426 e. The van der Waals surface area contributed by atoms with Crippen LogP contribution in [0, 0.1) is 5.92 Å². The Labute approximate surface area is 158 Å². The molecule has 0 N–H and O–H groups in total. The maximum Gasteiger partial charge on any atom is 0.316 e. The number of carbonyl (C=O) groups excluding carboxylic acids is 2. The van der Waals surface area contributed by atoms with E-state index in [0.29, 0.717) is 28.9 Å². The average Bonchev–Trinajstić information content (AvgIpc) is 3.03. The molecule has 1 saturated heterocycles. The van der Waals surface area contributed by atoms with Gasteiger partial charge >= 0.3 is 5.97 Å². The number of ether oxygens (including phenoxy) is 1. The largest absolute Gasteiger partial charge is 0.426 e. The normalized spacial score (nSPS) is 18.0. The Kier molecular flexibility index (Phi) is 5.62. The van der Waals surface area contributed by atoms with Crippen molar-refractivity contribution >= 4 is 29.2 Å². The molecule has 0 bridgehead atoms. The van der Waals surface area contributed by atoms with Crippen molar-refractivity contribution in [2.75, 3.05) is 11.4 Å². The lowest BCUT2D eigenvalue weighted by Crippen LogP contribution is -2.27. The molecule has 3 rings (SSSR count). The number of esters is 1. The van der Waals surface area contributed by atoms with E-state index in [0.717, 1.165) is 12.0 Å². The quantitative estimate of drug-likeness (QED) is 0.559. The number of anilines is 1. The third-order valence-corrected chi connectivity index (χ3v) is 5.09. The highest BCUT2D eigenvalue weighted by Crippen LogP contribution is 2.31. The van der Waals surface area contributed by atoms with E-state index in [1.54, 1.807) is 23.1 Å². The maximum atomic E-state index is 12.6. The maximum absolute atomic E-state index is 12.6. The number of nitrogens with zero attached hydrogens (tertiary/aromatic N) is 1. The third kappa shape index (κ3) is 3.91. The molecule has 0 saturated carbocycles. The van der Waals surface area contributed by atoms with E-state index in [4.69, 9.17) is 16.3 Å². The lowest BCUT2D eigenvalue weighted by Gasteiger charge is -2.18. The number of benzene rings is 2. The number of halogens is 1. The number of carbonyl (C=O) groups is 2. The predicted octanol–water partition coefficient (Wildman–Crippen LogP) is 4.81. The van der Waals surface area contributed by atoms with Crippen LogP contribution in [0.2, 0.25) is 5.02 Å². The minimum absolute atomic E-state index is 0.0931. The van der Waals surface area contributed by atoms with Crippen molar-refractivity contribution in [3.63, 3.8) is 0 Å². The molecule has 0 spiro atoms. The first-order valence-electron chi connectivity index (χ1n) is 8.86. The van der Waals surface area contributed by atoms with Gasteiger partial charge in [0.2, 0.25) is 5.91 Å². The highest BCUT2D eigenvalue weighted by atomic mass is 35.5. The molecule has 2 aromatic rings. The molecular formula is C21H22ClNO3. The molecule has 2 atom stereocenters. The summed E-state index contributed by atoms with van der Waals surface area (Å²) in [5.41, 5.74) is 1.72. The summed E-state index contributed by atoms with van der Waals surface area (Å²) in [6.45, 7) is 4.51. The average molecular weight is 372 g/mol. The van der Waals surface area contributed by atoms with Gasteiger partial charge < -0.3 is 9.64 Å². The molecule has 1 heterocycles. The first kappa shape index (κ1) is 18.5. The molecule has 1 aliphatic rings. The summed E-state index contributed by atoms with van der Waals surface area (Å²) in [6.07, 6.45) is 1.11. The first-order valence-corrected chi connectivity index (χ1v) is 9.24. The summed E-state index contributed by atoms with van der Waals surface area (Å²) in [6, 6.07) is 14.7. The van der Waals surface area contributed by atoms with Gasteiger partial charge in [-0.05, 0) is 42.2 Å². The summed E-state index contributed by atoms with van der Waals surface area (Å²) in [7, 11) is 0. The summed E-state index contributed by atoms with van der Waals surface area (Å²) in [5, 5.41) is 0.559. The van der Waals surface area contributed by atoms with Gasteiger partial charge in [-0.15, -0.1) is 0 Å². The van der Waals surface area contributed by atoms with Gasteiger partial charge in [-0.1, -0.05) is 49.7 Å². The Balaban J connectivity index is 1.73. The SMILES string of the molecule is CC[C@@H](C)c1ccccc1OC(=O)[C@H]1CC(=O)N(c2cccc(Cl)c2)C1. The van der Waals surface area contributed by atoms with Gasteiger partial charge in [0.05, 0.1) is 5.92 Å².